The van der Waals surface area contributed by atoms with E-state index in [2.05, 4.69) is 4.74 Å². The van der Waals surface area contributed by atoms with E-state index in [1.54, 1.807) is 6.92 Å². The van der Waals surface area contributed by atoms with Crippen LogP contribution in [0.1, 0.15) is 13.8 Å². The Labute approximate surface area is 120 Å². The molecule has 21 heavy (non-hydrogen) atoms. The van der Waals surface area contributed by atoms with Crippen LogP contribution in [0, 0.1) is 15.9 Å². The zero-order valence-corrected chi connectivity index (χ0v) is 12.0. The highest BCUT2D eigenvalue weighted by Gasteiger charge is 2.27. The fourth-order valence-corrected chi connectivity index (χ4v) is 2.71. The lowest BCUT2D eigenvalue weighted by Gasteiger charge is -2.13. The molecule has 0 radical (unpaired) electrons. The van der Waals surface area contributed by atoms with E-state index in [-0.39, 0.29) is 6.61 Å². The van der Waals surface area contributed by atoms with Crippen molar-refractivity contribution < 1.29 is 27.3 Å². The molecule has 1 aromatic rings. The molecule has 0 aliphatic rings. The summed E-state index contributed by atoms with van der Waals surface area (Å²) in [5.41, 5.74) is -0.583. The van der Waals surface area contributed by atoms with Gasteiger partial charge in [-0.05, 0) is 19.9 Å². The van der Waals surface area contributed by atoms with Gasteiger partial charge >= 0.3 is 5.97 Å². The molecule has 1 aromatic carbocycles. The van der Waals surface area contributed by atoms with Crippen molar-refractivity contribution in [3.05, 3.63) is 34.1 Å². The van der Waals surface area contributed by atoms with Gasteiger partial charge in [0.25, 0.3) is 5.69 Å². The zero-order chi connectivity index (χ0) is 16.2. The van der Waals surface area contributed by atoms with Gasteiger partial charge in [-0.3, -0.25) is 14.9 Å². The molecule has 0 saturated heterocycles. The number of benzene rings is 1. The monoisotopic (exact) mass is 320 g/mol. The molecule has 10 heteroatoms. The maximum absolute atomic E-state index is 13.6. The van der Waals surface area contributed by atoms with Crippen molar-refractivity contribution in [2.75, 3.05) is 6.61 Å². The minimum atomic E-state index is -4.44. The highest BCUT2D eigenvalue weighted by Crippen LogP contribution is 2.21. The van der Waals surface area contributed by atoms with Crippen LogP contribution >= 0.6 is 0 Å². The Balaban J connectivity index is 3.11. The molecule has 0 aromatic heterocycles. The number of nitro benzene ring substituents is 1. The highest BCUT2D eigenvalue weighted by atomic mass is 32.2. The van der Waals surface area contributed by atoms with Crippen LogP contribution < -0.4 is 4.72 Å². The Kier molecular flexibility index (Phi) is 5.33. The summed E-state index contributed by atoms with van der Waals surface area (Å²) < 4.78 is 44.0. The third-order valence-corrected chi connectivity index (χ3v) is 3.94. The number of carbonyl (C=O) groups is 1. The van der Waals surface area contributed by atoms with Crippen LogP contribution in [0.3, 0.4) is 0 Å². The fourth-order valence-electron chi connectivity index (χ4n) is 1.42. The van der Waals surface area contributed by atoms with Crippen molar-refractivity contribution in [2.45, 2.75) is 24.8 Å². The average molecular weight is 320 g/mol. The van der Waals surface area contributed by atoms with E-state index >= 15 is 0 Å². The molecule has 0 saturated carbocycles. The summed E-state index contributed by atoms with van der Waals surface area (Å²) in [4.78, 5) is 20.2. The van der Waals surface area contributed by atoms with E-state index < -0.39 is 43.4 Å². The van der Waals surface area contributed by atoms with Crippen LogP contribution in [0.5, 0.6) is 0 Å². The van der Waals surface area contributed by atoms with Crippen molar-refractivity contribution >= 4 is 21.7 Å². The Morgan fingerprint density at radius 3 is 2.67 bits per heavy atom. The summed E-state index contributed by atoms with van der Waals surface area (Å²) in [5.74, 6) is -2.00. The first-order valence-corrected chi connectivity index (χ1v) is 7.30. The van der Waals surface area contributed by atoms with E-state index in [1.165, 1.54) is 6.92 Å². The van der Waals surface area contributed by atoms with Crippen molar-refractivity contribution in [3.8, 4) is 0 Å². The number of nitrogens with one attached hydrogen (secondary N) is 1. The third-order valence-electron chi connectivity index (χ3n) is 2.39. The number of halogens is 1. The summed E-state index contributed by atoms with van der Waals surface area (Å²) in [6.45, 7) is 2.81. The van der Waals surface area contributed by atoms with Gasteiger partial charge in [0.15, 0.2) is 0 Å². The van der Waals surface area contributed by atoms with Gasteiger partial charge in [-0.25, -0.2) is 12.8 Å². The molecule has 0 aliphatic heterocycles. The van der Waals surface area contributed by atoms with E-state index in [1.807, 2.05) is 4.72 Å². The number of non-ortho nitro benzene ring substituents is 1. The number of rotatable bonds is 6. The lowest BCUT2D eigenvalue weighted by atomic mass is 10.3. The molecule has 1 unspecified atom stereocenters. The Morgan fingerprint density at radius 2 is 2.14 bits per heavy atom. The van der Waals surface area contributed by atoms with Crippen LogP contribution in [0.2, 0.25) is 0 Å². The maximum Gasteiger partial charge on any atom is 0.323 e. The van der Waals surface area contributed by atoms with E-state index in [9.17, 15) is 27.7 Å². The van der Waals surface area contributed by atoms with Gasteiger partial charge < -0.3 is 4.74 Å². The van der Waals surface area contributed by atoms with E-state index in [0.717, 1.165) is 6.07 Å². The van der Waals surface area contributed by atoms with Crippen molar-refractivity contribution in [1.29, 1.82) is 0 Å². The summed E-state index contributed by atoms with van der Waals surface area (Å²) in [6, 6.07) is 0.828. The molecule has 8 nitrogen and oxygen atoms in total. The Bertz CT molecular complexity index is 661. The van der Waals surface area contributed by atoms with Crippen LogP contribution in [0.15, 0.2) is 23.1 Å². The molecule has 116 valence electrons. The smallest absolute Gasteiger partial charge is 0.323 e. The summed E-state index contributed by atoms with van der Waals surface area (Å²) in [6.07, 6.45) is 0. The molecule has 0 heterocycles. The SMILES string of the molecule is CCOC(=O)C(C)NS(=O)(=O)c1cc([N+](=O)[O-])ccc1F. The van der Waals surface area contributed by atoms with Gasteiger partial charge in [-0.2, -0.15) is 4.72 Å². The Hall–Kier alpha value is -2.07. The number of hydrogen-bond acceptors (Lipinski definition) is 6. The first kappa shape index (κ1) is 17.0. The number of hydrogen-bond donors (Lipinski definition) is 1. The van der Waals surface area contributed by atoms with Crippen LogP contribution in [0.25, 0.3) is 0 Å². The molecule has 0 amide bonds. The van der Waals surface area contributed by atoms with E-state index in [0.29, 0.717) is 12.1 Å². The molecule has 0 aliphatic carbocycles. The lowest BCUT2D eigenvalue weighted by Crippen LogP contribution is -2.39. The predicted molar refractivity (Wildman–Crippen MR) is 69.5 cm³/mol. The van der Waals surface area contributed by atoms with Gasteiger partial charge in [-0.15, -0.1) is 0 Å². The van der Waals surface area contributed by atoms with Crippen molar-refractivity contribution in [2.24, 2.45) is 0 Å². The van der Waals surface area contributed by atoms with E-state index in [4.69, 9.17) is 0 Å². The Morgan fingerprint density at radius 1 is 1.52 bits per heavy atom. The first-order valence-electron chi connectivity index (χ1n) is 5.82. The summed E-state index contributed by atoms with van der Waals surface area (Å²) >= 11 is 0. The number of nitrogens with zero attached hydrogens (tertiary/aromatic N) is 1. The number of ether oxygens (including phenoxy) is 1. The molecular weight excluding hydrogens is 307 g/mol. The second kappa shape index (κ2) is 6.59. The highest BCUT2D eigenvalue weighted by molar-refractivity contribution is 7.89. The third kappa shape index (κ3) is 4.20. The largest absolute Gasteiger partial charge is 0.465 e. The number of sulfonamides is 1. The van der Waals surface area contributed by atoms with Gasteiger partial charge in [0.2, 0.25) is 10.0 Å². The van der Waals surface area contributed by atoms with Crippen LogP contribution in [-0.2, 0) is 19.6 Å². The standard InChI is InChI=1S/C11H13FN2O6S/c1-3-20-11(15)7(2)13-21(18,19)10-6-8(14(16)17)4-5-9(10)12/h4-7,13H,3H2,1-2H3. The normalized spacial score (nSPS) is 12.7. The molecule has 1 atom stereocenters. The molecule has 0 spiro atoms. The molecule has 1 N–H and O–H groups in total. The quantitative estimate of drug-likeness (QED) is 0.474. The molecule has 0 fully saturated rings. The summed E-state index contributed by atoms with van der Waals surface area (Å²) in [7, 11) is -4.44. The van der Waals surface area contributed by atoms with Gasteiger partial charge in [0.1, 0.15) is 16.8 Å². The van der Waals surface area contributed by atoms with Crippen LogP contribution in [0.4, 0.5) is 10.1 Å². The number of esters is 1. The van der Waals surface area contributed by atoms with Crippen LogP contribution in [-0.4, -0.2) is 32.0 Å². The molecular formula is C11H13FN2O6S. The summed E-state index contributed by atoms with van der Waals surface area (Å²) in [5, 5.41) is 10.6. The van der Waals surface area contributed by atoms with Crippen molar-refractivity contribution in [1.82, 2.24) is 4.72 Å². The molecule has 0 bridgehead atoms. The van der Waals surface area contributed by atoms with Gasteiger partial charge in [-0.1, -0.05) is 0 Å². The minimum absolute atomic E-state index is 0.0517. The average Bonchev–Trinajstić information content (AvgIpc) is 2.38. The predicted octanol–water partition coefficient (Wildman–Crippen LogP) is 0.964. The lowest BCUT2D eigenvalue weighted by molar-refractivity contribution is -0.385. The van der Waals surface area contributed by atoms with Gasteiger partial charge in [0, 0.05) is 12.1 Å². The first-order chi connectivity index (χ1) is 9.69. The minimum Gasteiger partial charge on any atom is -0.465 e. The van der Waals surface area contributed by atoms with Gasteiger partial charge in [0.05, 0.1) is 11.5 Å². The fraction of sp³-hybridized carbons (Fsp3) is 0.364. The maximum atomic E-state index is 13.6. The zero-order valence-electron chi connectivity index (χ0n) is 11.2. The second-order valence-electron chi connectivity index (χ2n) is 3.97. The topological polar surface area (TPSA) is 116 Å². The number of nitro groups is 1. The molecule has 1 rings (SSSR count). The number of carbonyl (C=O) groups excluding carboxylic acids is 1. The van der Waals surface area contributed by atoms with Crippen molar-refractivity contribution in [3.63, 3.8) is 0 Å². The second-order valence-corrected chi connectivity index (χ2v) is 5.65.